The summed E-state index contributed by atoms with van der Waals surface area (Å²) in [6.45, 7) is 7.46. The van der Waals surface area contributed by atoms with E-state index in [4.69, 9.17) is 18.9 Å². The van der Waals surface area contributed by atoms with E-state index in [0.29, 0.717) is 30.1 Å². The predicted molar refractivity (Wildman–Crippen MR) is 116 cm³/mol. The summed E-state index contributed by atoms with van der Waals surface area (Å²) in [7, 11) is 3.58. The fourth-order valence-corrected chi connectivity index (χ4v) is 5.65. The van der Waals surface area contributed by atoms with Crippen LogP contribution in [0.5, 0.6) is 11.5 Å². The van der Waals surface area contributed by atoms with Crippen molar-refractivity contribution >= 4 is 11.9 Å². The second kappa shape index (κ2) is 7.78. The molecule has 0 radical (unpaired) electrons. The Morgan fingerprint density at radius 3 is 2.72 bits per heavy atom. The van der Waals surface area contributed by atoms with Gasteiger partial charge >= 0.3 is 11.9 Å². The van der Waals surface area contributed by atoms with Gasteiger partial charge in [0.2, 0.25) is 0 Å². The Hall–Kier alpha value is -2.58. The summed E-state index contributed by atoms with van der Waals surface area (Å²) in [4.78, 5) is 26.1. The highest BCUT2D eigenvalue weighted by Crippen LogP contribution is 2.62. The van der Waals surface area contributed by atoms with Gasteiger partial charge < -0.3 is 29.0 Å². The number of nitrogens with zero attached hydrogens (tertiary/aromatic N) is 1. The van der Waals surface area contributed by atoms with Crippen molar-refractivity contribution in [3.63, 3.8) is 0 Å². The highest BCUT2D eigenvalue weighted by atomic mass is 16.6. The Morgan fingerprint density at radius 2 is 2.06 bits per heavy atom. The fraction of sp³-hybridized carbons (Fsp3) is 0.583. The van der Waals surface area contributed by atoms with Gasteiger partial charge in [-0.05, 0) is 58.5 Å². The number of carbonyl (C=O) groups is 2. The number of fused-ring (bicyclic) bond motifs is 1. The lowest BCUT2D eigenvalue weighted by atomic mass is 9.54. The number of likely N-dealkylation sites (N-methyl/N-ethyl adjacent to an activating group) is 1. The molecule has 1 spiro atoms. The summed E-state index contributed by atoms with van der Waals surface area (Å²) < 4.78 is 22.7. The maximum atomic E-state index is 12.7. The molecule has 1 aromatic rings. The van der Waals surface area contributed by atoms with Gasteiger partial charge in [-0.2, -0.15) is 0 Å². The van der Waals surface area contributed by atoms with Crippen molar-refractivity contribution in [3.8, 4) is 11.5 Å². The summed E-state index contributed by atoms with van der Waals surface area (Å²) in [5, 5.41) is 12.2. The highest BCUT2D eigenvalue weighted by Gasteiger charge is 2.69. The third-order valence-electron chi connectivity index (χ3n) is 7.43. The highest BCUT2D eigenvalue weighted by molar-refractivity contribution is 5.79. The molecule has 2 heterocycles. The SMILES string of the molecule is COc1ccc(C)c2c1O[C@H]1C(OC(=O)[C@H](C)OC(C)=O)=CC[C@@]3(O)[C@@H](C)N(C)CC[C@]213. The number of carbonyl (C=O) groups excluding carboxylic acids is 2. The Morgan fingerprint density at radius 1 is 1.34 bits per heavy atom. The van der Waals surface area contributed by atoms with Gasteiger partial charge in [0.25, 0.3) is 0 Å². The van der Waals surface area contributed by atoms with Gasteiger partial charge in [-0.1, -0.05) is 6.07 Å². The Bertz CT molecular complexity index is 989. The maximum absolute atomic E-state index is 12.7. The van der Waals surface area contributed by atoms with Crippen LogP contribution in [0.1, 0.15) is 44.7 Å². The summed E-state index contributed by atoms with van der Waals surface area (Å²) >= 11 is 0. The first-order chi connectivity index (χ1) is 15.1. The quantitative estimate of drug-likeness (QED) is 0.706. The minimum Gasteiger partial charge on any atom is -0.493 e. The van der Waals surface area contributed by atoms with Gasteiger partial charge in [0.1, 0.15) is 5.76 Å². The Labute approximate surface area is 188 Å². The number of ether oxygens (including phenoxy) is 4. The van der Waals surface area contributed by atoms with Gasteiger partial charge in [-0.25, -0.2) is 4.79 Å². The lowest BCUT2D eigenvalue weighted by molar-refractivity contribution is -0.171. The molecule has 1 saturated heterocycles. The van der Waals surface area contributed by atoms with Gasteiger partial charge in [0.05, 0.1) is 18.1 Å². The summed E-state index contributed by atoms with van der Waals surface area (Å²) in [5.74, 6) is 0.225. The van der Waals surface area contributed by atoms with E-state index >= 15 is 0 Å². The average molecular weight is 446 g/mol. The molecule has 0 saturated carbocycles. The molecule has 2 aliphatic heterocycles. The number of aliphatic hydroxyl groups is 1. The summed E-state index contributed by atoms with van der Waals surface area (Å²) in [6, 6.07) is 3.65. The number of hydrogen-bond donors (Lipinski definition) is 1. The number of aryl methyl sites for hydroxylation is 1. The molecule has 1 aromatic carbocycles. The molecular formula is C24H31NO7. The zero-order valence-corrected chi connectivity index (χ0v) is 19.4. The van der Waals surface area contributed by atoms with E-state index in [1.807, 2.05) is 33.0 Å². The molecule has 5 atom stereocenters. The van der Waals surface area contributed by atoms with Crippen LogP contribution in [0.15, 0.2) is 24.0 Å². The number of hydrogen-bond acceptors (Lipinski definition) is 8. The number of methoxy groups -OCH3 is 1. The molecule has 8 heteroatoms. The molecule has 174 valence electrons. The number of likely N-dealkylation sites (tertiary alicyclic amines) is 1. The number of benzene rings is 1. The van der Waals surface area contributed by atoms with E-state index in [2.05, 4.69) is 4.90 Å². The minimum atomic E-state index is -1.15. The standard InChI is InChI=1S/C24H31NO7/c1-13-7-8-17(29-6)20-19(13)23-11-12-25(5)15(3)24(23,28)10-9-18(21(23)32-20)31-22(27)14(2)30-16(4)26/h7-9,14-15,21,28H,10-12H2,1-6H3/t14-,15+,21-,23-,24+/m0/s1. The summed E-state index contributed by atoms with van der Waals surface area (Å²) in [6.07, 6.45) is 0.867. The molecule has 0 unspecified atom stereocenters. The number of piperidine rings is 1. The zero-order valence-electron chi connectivity index (χ0n) is 19.4. The Balaban J connectivity index is 1.83. The normalized spacial score (nSPS) is 31.9. The topological polar surface area (TPSA) is 94.5 Å². The molecule has 32 heavy (non-hydrogen) atoms. The van der Waals surface area contributed by atoms with Crippen LogP contribution in [-0.2, 0) is 24.5 Å². The lowest BCUT2D eigenvalue weighted by Crippen LogP contribution is -2.71. The average Bonchev–Trinajstić information content (AvgIpc) is 3.10. The van der Waals surface area contributed by atoms with Crippen molar-refractivity contribution < 1.29 is 33.6 Å². The molecule has 0 bridgehead atoms. The van der Waals surface area contributed by atoms with E-state index < -0.39 is 35.2 Å². The third-order valence-corrected chi connectivity index (χ3v) is 7.43. The monoisotopic (exact) mass is 445 g/mol. The molecule has 1 fully saturated rings. The predicted octanol–water partition coefficient (Wildman–Crippen LogP) is 2.24. The van der Waals surface area contributed by atoms with Gasteiger partial charge in [0.15, 0.2) is 23.7 Å². The van der Waals surface area contributed by atoms with E-state index in [9.17, 15) is 14.7 Å². The molecule has 0 amide bonds. The van der Waals surface area contributed by atoms with Crippen LogP contribution in [0.2, 0.25) is 0 Å². The molecule has 0 aromatic heterocycles. The van der Waals surface area contributed by atoms with Crippen molar-refractivity contribution in [1.29, 1.82) is 0 Å². The molecular weight excluding hydrogens is 414 g/mol. The van der Waals surface area contributed by atoms with E-state index in [0.717, 1.165) is 17.7 Å². The van der Waals surface area contributed by atoms with Crippen LogP contribution < -0.4 is 9.47 Å². The van der Waals surface area contributed by atoms with Crippen LogP contribution in [-0.4, -0.2) is 66.5 Å². The number of esters is 2. The van der Waals surface area contributed by atoms with Gasteiger partial charge in [-0.15, -0.1) is 0 Å². The second-order valence-corrected chi connectivity index (χ2v) is 9.07. The molecule has 8 nitrogen and oxygen atoms in total. The first kappa shape index (κ1) is 22.6. The van der Waals surface area contributed by atoms with Crippen molar-refractivity contribution in [2.45, 2.75) is 69.8 Å². The van der Waals surface area contributed by atoms with Crippen LogP contribution in [0.25, 0.3) is 0 Å². The van der Waals surface area contributed by atoms with Crippen LogP contribution >= 0.6 is 0 Å². The third kappa shape index (κ3) is 3.03. The molecule has 1 N–H and O–H groups in total. The molecule has 4 rings (SSSR count). The summed E-state index contributed by atoms with van der Waals surface area (Å²) in [5.41, 5.74) is -0.0786. The fourth-order valence-electron chi connectivity index (χ4n) is 5.65. The molecule has 1 aliphatic carbocycles. The van der Waals surface area contributed by atoms with E-state index in [-0.39, 0.29) is 6.04 Å². The first-order valence-electron chi connectivity index (χ1n) is 10.9. The van der Waals surface area contributed by atoms with Gasteiger partial charge in [-0.3, -0.25) is 4.79 Å². The van der Waals surface area contributed by atoms with Gasteiger partial charge in [0, 0.05) is 24.9 Å². The van der Waals surface area contributed by atoms with Crippen molar-refractivity contribution in [3.05, 3.63) is 35.1 Å². The van der Waals surface area contributed by atoms with E-state index in [1.165, 1.54) is 13.8 Å². The van der Waals surface area contributed by atoms with Crippen LogP contribution in [0.3, 0.4) is 0 Å². The van der Waals surface area contributed by atoms with E-state index in [1.54, 1.807) is 13.2 Å². The second-order valence-electron chi connectivity index (χ2n) is 9.07. The van der Waals surface area contributed by atoms with Crippen LogP contribution in [0.4, 0.5) is 0 Å². The van der Waals surface area contributed by atoms with Crippen molar-refractivity contribution in [2.24, 2.45) is 0 Å². The van der Waals surface area contributed by atoms with Crippen molar-refractivity contribution in [2.75, 3.05) is 20.7 Å². The smallest absolute Gasteiger partial charge is 0.352 e. The largest absolute Gasteiger partial charge is 0.493 e. The maximum Gasteiger partial charge on any atom is 0.352 e. The zero-order chi connectivity index (χ0) is 23.4. The first-order valence-corrected chi connectivity index (χ1v) is 10.9. The minimum absolute atomic E-state index is 0.160. The van der Waals surface area contributed by atoms with Crippen molar-refractivity contribution in [1.82, 2.24) is 4.90 Å². The number of rotatable bonds is 4. The Kier molecular flexibility index (Phi) is 5.49. The lowest BCUT2D eigenvalue weighted by Gasteiger charge is -2.58. The molecule has 3 aliphatic rings. The van der Waals surface area contributed by atoms with Crippen LogP contribution in [0, 0.1) is 6.92 Å².